The van der Waals surface area contributed by atoms with Gasteiger partial charge < -0.3 is 5.32 Å². The maximum absolute atomic E-state index is 12.3. The molecule has 0 radical (unpaired) electrons. The molecule has 0 aliphatic rings. The third-order valence-corrected chi connectivity index (χ3v) is 3.40. The van der Waals surface area contributed by atoms with Gasteiger partial charge in [-0.1, -0.05) is 36.4 Å². The Bertz CT molecular complexity index is 827. The lowest BCUT2D eigenvalue weighted by atomic mass is 10.1. The molecule has 3 rings (SSSR count). The van der Waals surface area contributed by atoms with Crippen LogP contribution in [0.4, 0.5) is 0 Å². The van der Waals surface area contributed by atoms with E-state index < -0.39 is 6.04 Å². The van der Waals surface area contributed by atoms with Crippen LogP contribution < -0.4 is 5.32 Å². The van der Waals surface area contributed by atoms with Crippen molar-refractivity contribution in [3.8, 4) is 0 Å². The van der Waals surface area contributed by atoms with Crippen LogP contribution in [-0.2, 0) is 4.79 Å². The van der Waals surface area contributed by atoms with Crippen LogP contribution in [0.5, 0.6) is 0 Å². The van der Waals surface area contributed by atoms with Gasteiger partial charge in [0.05, 0.1) is 0 Å². The van der Waals surface area contributed by atoms with Crippen LogP contribution in [0, 0.1) is 6.92 Å². The number of hydrogen-bond acceptors (Lipinski definition) is 4. The van der Waals surface area contributed by atoms with E-state index in [2.05, 4.69) is 25.5 Å². The number of aryl methyl sites for hydroxylation is 1. The van der Waals surface area contributed by atoms with E-state index in [1.54, 1.807) is 18.5 Å². The zero-order chi connectivity index (χ0) is 16.8. The number of hydrogen-bond donors (Lipinski definition) is 2. The fourth-order valence-electron chi connectivity index (χ4n) is 2.27. The van der Waals surface area contributed by atoms with Gasteiger partial charge in [0.1, 0.15) is 11.9 Å². The fourth-order valence-corrected chi connectivity index (χ4v) is 2.27. The standard InChI is InChI=1S/C18H17N5O/c1-13-20-18(23-22-13)17(15-7-3-2-4-8-15)21-16(24)10-9-14-6-5-11-19-12-14/h2-12,17H,1H3,(H,21,24)(H,20,22,23)/b10-9+/t17-/m0/s1. The maximum Gasteiger partial charge on any atom is 0.244 e. The van der Waals surface area contributed by atoms with E-state index >= 15 is 0 Å². The molecule has 6 nitrogen and oxygen atoms in total. The summed E-state index contributed by atoms with van der Waals surface area (Å²) in [7, 11) is 0. The van der Waals surface area contributed by atoms with Crippen molar-refractivity contribution >= 4 is 12.0 Å². The summed E-state index contributed by atoms with van der Waals surface area (Å²) >= 11 is 0. The van der Waals surface area contributed by atoms with Gasteiger partial charge in [0, 0.05) is 18.5 Å². The molecule has 0 bridgehead atoms. The van der Waals surface area contributed by atoms with Gasteiger partial charge >= 0.3 is 0 Å². The van der Waals surface area contributed by atoms with Crippen molar-refractivity contribution in [1.29, 1.82) is 0 Å². The van der Waals surface area contributed by atoms with Gasteiger partial charge in [0.2, 0.25) is 5.91 Å². The van der Waals surface area contributed by atoms with E-state index in [-0.39, 0.29) is 5.91 Å². The molecular formula is C18H17N5O. The summed E-state index contributed by atoms with van der Waals surface area (Å²) in [6.45, 7) is 1.82. The van der Waals surface area contributed by atoms with Gasteiger partial charge in [-0.2, -0.15) is 5.10 Å². The Balaban J connectivity index is 1.79. The monoisotopic (exact) mass is 319 g/mol. The molecule has 2 N–H and O–H groups in total. The Morgan fingerprint density at radius 3 is 2.71 bits per heavy atom. The largest absolute Gasteiger partial charge is 0.338 e. The minimum atomic E-state index is -0.415. The topological polar surface area (TPSA) is 83.6 Å². The molecule has 2 heterocycles. The molecule has 1 atom stereocenters. The second-order valence-corrected chi connectivity index (χ2v) is 5.25. The summed E-state index contributed by atoms with van der Waals surface area (Å²) in [4.78, 5) is 20.7. The van der Waals surface area contributed by atoms with Crippen molar-refractivity contribution in [2.45, 2.75) is 13.0 Å². The number of carbonyl (C=O) groups is 1. The number of nitrogens with one attached hydrogen (secondary N) is 2. The molecule has 0 aliphatic carbocycles. The zero-order valence-corrected chi connectivity index (χ0v) is 13.2. The minimum absolute atomic E-state index is 0.227. The van der Waals surface area contributed by atoms with Crippen LogP contribution in [0.15, 0.2) is 60.9 Å². The van der Waals surface area contributed by atoms with Crippen molar-refractivity contribution in [3.63, 3.8) is 0 Å². The molecular weight excluding hydrogens is 302 g/mol. The molecule has 0 aliphatic heterocycles. The number of aromatic amines is 1. The highest BCUT2D eigenvalue weighted by Crippen LogP contribution is 2.18. The first kappa shape index (κ1) is 15.6. The van der Waals surface area contributed by atoms with Crippen molar-refractivity contribution in [3.05, 3.63) is 83.7 Å². The van der Waals surface area contributed by atoms with Crippen LogP contribution in [0.1, 0.15) is 28.8 Å². The van der Waals surface area contributed by atoms with E-state index in [1.807, 2.05) is 49.4 Å². The number of H-pyrrole nitrogens is 1. The van der Waals surface area contributed by atoms with E-state index in [0.29, 0.717) is 11.6 Å². The Kier molecular flexibility index (Phi) is 4.76. The molecule has 24 heavy (non-hydrogen) atoms. The first-order chi connectivity index (χ1) is 11.7. The number of amides is 1. The van der Waals surface area contributed by atoms with Crippen molar-refractivity contribution in [2.24, 2.45) is 0 Å². The third-order valence-electron chi connectivity index (χ3n) is 3.40. The van der Waals surface area contributed by atoms with Gasteiger partial charge in [-0.15, -0.1) is 0 Å². The van der Waals surface area contributed by atoms with Crippen LogP contribution in [0.2, 0.25) is 0 Å². The number of rotatable bonds is 5. The van der Waals surface area contributed by atoms with Gasteiger partial charge in [-0.25, -0.2) is 4.98 Å². The van der Waals surface area contributed by atoms with Gasteiger partial charge in [0.25, 0.3) is 0 Å². The predicted molar refractivity (Wildman–Crippen MR) is 90.8 cm³/mol. The summed E-state index contributed by atoms with van der Waals surface area (Å²) in [6, 6.07) is 12.9. The number of benzene rings is 1. The van der Waals surface area contributed by atoms with Crippen LogP contribution >= 0.6 is 0 Å². The first-order valence-corrected chi connectivity index (χ1v) is 7.55. The second kappa shape index (κ2) is 7.32. The summed E-state index contributed by atoms with van der Waals surface area (Å²) in [5, 5.41) is 9.93. The lowest BCUT2D eigenvalue weighted by Gasteiger charge is -2.15. The predicted octanol–water partition coefficient (Wildman–Crippen LogP) is 2.43. The molecule has 1 aromatic carbocycles. The molecule has 0 saturated carbocycles. The van der Waals surface area contributed by atoms with E-state index in [4.69, 9.17) is 0 Å². The summed E-state index contributed by atoms with van der Waals surface area (Å²) in [5.41, 5.74) is 1.78. The molecule has 2 aromatic heterocycles. The van der Waals surface area contributed by atoms with Crippen molar-refractivity contribution in [1.82, 2.24) is 25.5 Å². The fraction of sp³-hybridized carbons (Fsp3) is 0.111. The highest BCUT2D eigenvalue weighted by atomic mass is 16.1. The van der Waals surface area contributed by atoms with Crippen LogP contribution in [-0.4, -0.2) is 26.1 Å². The molecule has 0 unspecified atom stereocenters. The average Bonchev–Trinajstić information content (AvgIpc) is 3.05. The van der Waals surface area contributed by atoms with E-state index in [0.717, 1.165) is 11.1 Å². The summed E-state index contributed by atoms with van der Waals surface area (Å²) in [6.07, 6.45) is 6.57. The Labute approximate surface area is 139 Å². The molecule has 0 saturated heterocycles. The number of nitrogens with zero attached hydrogens (tertiary/aromatic N) is 3. The normalized spacial score (nSPS) is 12.2. The third kappa shape index (κ3) is 3.92. The summed E-state index contributed by atoms with van der Waals surface area (Å²) < 4.78 is 0. The zero-order valence-electron chi connectivity index (χ0n) is 13.2. The Morgan fingerprint density at radius 1 is 1.21 bits per heavy atom. The highest BCUT2D eigenvalue weighted by molar-refractivity contribution is 5.92. The van der Waals surface area contributed by atoms with E-state index in [9.17, 15) is 4.79 Å². The lowest BCUT2D eigenvalue weighted by molar-refractivity contribution is -0.117. The van der Waals surface area contributed by atoms with Crippen molar-refractivity contribution < 1.29 is 4.79 Å². The smallest absolute Gasteiger partial charge is 0.244 e. The molecule has 3 aromatic rings. The molecule has 0 fully saturated rings. The lowest BCUT2D eigenvalue weighted by Crippen LogP contribution is -2.28. The maximum atomic E-state index is 12.3. The summed E-state index contributed by atoms with van der Waals surface area (Å²) in [5.74, 6) is 1.00. The number of pyridine rings is 1. The first-order valence-electron chi connectivity index (χ1n) is 7.55. The van der Waals surface area contributed by atoms with E-state index in [1.165, 1.54) is 6.08 Å². The van der Waals surface area contributed by atoms with Gasteiger partial charge in [0.15, 0.2) is 5.82 Å². The van der Waals surface area contributed by atoms with Crippen molar-refractivity contribution in [2.75, 3.05) is 0 Å². The Morgan fingerprint density at radius 2 is 2.04 bits per heavy atom. The highest BCUT2D eigenvalue weighted by Gasteiger charge is 2.19. The average molecular weight is 319 g/mol. The van der Waals surface area contributed by atoms with Crippen LogP contribution in [0.3, 0.4) is 0 Å². The minimum Gasteiger partial charge on any atom is -0.338 e. The molecule has 0 spiro atoms. The number of aromatic nitrogens is 4. The molecule has 6 heteroatoms. The molecule has 1 amide bonds. The quantitative estimate of drug-likeness (QED) is 0.708. The Hall–Kier alpha value is -3.28. The van der Waals surface area contributed by atoms with Gasteiger partial charge in [-0.3, -0.25) is 14.9 Å². The second-order valence-electron chi connectivity index (χ2n) is 5.25. The number of carbonyl (C=O) groups excluding carboxylic acids is 1. The SMILES string of the molecule is Cc1nc([C@@H](NC(=O)/C=C/c2cccnc2)c2ccccc2)n[nH]1. The van der Waals surface area contributed by atoms with Crippen LogP contribution in [0.25, 0.3) is 6.08 Å². The van der Waals surface area contributed by atoms with Gasteiger partial charge in [-0.05, 0) is 30.2 Å². The molecule has 120 valence electrons.